The summed E-state index contributed by atoms with van der Waals surface area (Å²) >= 11 is 0. The molecule has 1 aliphatic heterocycles. The molecule has 1 aromatic heterocycles. The first-order valence-corrected chi connectivity index (χ1v) is 13.7. The third-order valence-electron chi connectivity index (χ3n) is 6.84. The van der Waals surface area contributed by atoms with E-state index in [4.69, 9.17) is 9.47 Å². The Morgan fingerprint density at radius 2 is 1.56 bits per heavy atom. The summed E-state index contributed by atoms with van der Waals surface area (Å²) < 4.78 is 11.1. The van der Waals surface area contributed by atoms with Crippen LogP contribution in [-0.4, -0.2) is 62.1 Å². The molecular formula is C32H35N5O4. The Hall–Kier alpha value is -4.63. The molecule has 3 N–H and O–H groups in total. The summed E-state index contributed by atoms with van der Waals surface area (Å²) in [5, 5.41) is 10.3. The van der Waals surface area contributed by atoms with E-state index in [1.54, 1.807) is 36.4 Å². The second kappa shape index (κ2) is 12.3. The Balaban J connectivity index is 1.31. The van der Waals surface area contributed by atoms with E-state index in [-0.39, 0.29) is 11.8 Å². The SMILES string of the molecule is Cc1cc(NCCCN(C)C)c2cc(C(=O)Nc3cc(NC(=O)c4ccc5c(c4)OCCO5)ccc3C)ccc2n1. The molecule has 5 rings (SSSR count). The molecular weight excluding hydrogens is 518 g/mol. The van der Waals surface area contributed by atoms with E-state index in [1.807, 2.05) is 38.1 Å². The van der Waals surface area contributed by atoms with Gasteiger partial charge in [0.15, 0.2) is 11.5 Å². The van der Waals surface area contributed by atoms with Crippen molar-refractivity contribution in [2.75, 3.05) is 56.3 Å². The molecule has 0 saturated carbocycles. The molecule has 9 heteroatoms. The Morgan fingerprint density at radius 3 is 2.37 bits per heavy atom. The first-order chi connectivity index (χ1) is 19.8. The summed E-state index contributed by atoms with van der Waals surface area (Å²) in [4.78, 5) is 33.1. The summed E-state index contributed by atoms with van der Waals surface area (Å²) in [7, 11) is 4.12. The number of aryl methyl sites for hydroxylation is 2. The van der Waals surface area contributed by atoms with Crippen LogP contribution < -0.4 is 25.4 Å². The summed E-state index contributed by atoms with van der Waals surface area (Å²) in [6, 6.07) is 18.1. The largest absolute Gasteiger partial charge is 0.486 e. The van der Waals surface area contributed by atoms with Gasteiger partial charge >= 0.3 is 0 Å². The van der Waals surface area contributed by atoms with E-state index >= 15 is 0 Å². The number of nitrogens with one attached hydrogen (secondary N) is 3. The van der Waals surface area contributed by atoms with Crippen LogP contribution in [0.4, 0.5) is 17.1 Å². The summed E-state index contributed by atoms with van der Waals surface area (Å²) in [6.07, 6.45) is 0.997. The van der Waals surface area contributed by atoms with Crippen LogP contribution in [0.1, 0.15) is 38.4 Å². The molecule has 212 valence electrons. The standard InChI is InChI=1S/C32H35N5O4/c1-20-6-9-24(35-31(38)23-8-11-29-30(18-23)41-15-14-40-29)19-27(20)36-32(39)22-7-10-26-25(17-22)28(16-21(2)34-26)33-12-5-13-37(3)4/h6-11,16-19H,5,12-15H2,1-4H3,(H,33,34)(H,35,38)(H,36,39). The first kappa shape index (κ1) is 27.9. The molecule has 0 unspecified atom stereocenters. The lowest BCUT2D eigenvalue weighted by Crippen LogP contribution is -2.17. The highest BCUT2D eigenvalue weighted by atomic mass is 16.6. The van der Waals surface area contributed by atoms with Gasteiger partial charge < -0.3 is 30.3 Å². The molecule has 0 radical (unpaired) electrons. The Kier molecular flexibility index (Phi) is 8.35. The Morgan fingerprint density at radius 1 is 0.829 bits per heavy atom. The molecule has 0 aliphatic carbocycles. The fourth-order valence-corrected chi connectivity index (χ4v) is 4.68. The van der Waals surface area contributed by atoms with Gasteiger partial charge in [-0.25, -0.2) is 0 Å². The molecule has 0 fully saturated rings. The molecule has 4 aromatic rings. The molecule has 9 nitrogen and oxygen atoms in total. The number of fused-ring (bicyclic) bond motifs is 2. The highest BCUT2D eigenvalue weighted by Gasteiger charge is 2.16. The van der Waals surface area contributed by atoms with Gasteiger partial charge in [0.05, 0.1) is 5.52 Å². The maximum atomic E-state index is 13.3. The molecule has 2 heterocycles. The van der Waals surface area contributed by atoms with Crippen LogP contribution in [0.3, 0.4) is 0 Å². The van der Waals surface area contributed by atoms with E-state index in [2.05, 4.69) is 39.9 Å². The van der Waals surface area contributed by atoms with Crippen LogP contribution >= 0.6 is 0 Å². The number of ether oxygens (including phenoxy) is 2. The lowest BCUT2D eigenvalue weighted by atomic mass is 10.1. The van der Waals surface area contributed by atoms with Crippen LogP contribution in [-0.2, 0) is 0 Å². The van der Waals surface area contributed by atoms with E-state index in [9.17, 15) is 9.59 Å². The predicted octanol–water partition coefficient (Wildman–Crippen LogP) is 5.49. The second-order valence-electron chi connectivity index (χ2n) is 10.4. The van der Waals surface area contributed by atoms with Gasteiger partial charge in [0.2, 0.25) is 0 Å². The fraction of sp³-hybridized carbons (Fsp3) is 0.281. The van der Waals surface area contributed by atoms with Gasteiger partial charge in [-0.15, -0.1) is 0 Å². The third kappa shape index (κ3) is 6.75. The van der Waals surface area contributed by atoms with Crippen LogP contribution in [0, 0.1) is 13.8 Å². The van der Waals surface area contributed by atoms with E-state index in [0.29, 0.717) is 47.2 Å². The third-order valence-corrected chi connectivity index (χ3v) is 6.84. The molecule has 2 amide bonds. The molecule has 41 heavy (non-hydrogen) atoms. The number of nitrogens with zero attached hydrogens (tertiary/aromatic N) is 2. The van der Waals surface area contributed by atoms with Gasteiger partial charge in [0, 0.05) is 45.8 Å². The van der Waals surface area contributed by atoms with Crippen molar-refractivity contribution in [3.8, 4) is 11.5 Å². The monoisotopic (exact) mass is 553 g/mol. The Labute approximate surface area is 239 Å². The van der Waals surface area contributed by atoms with E-state index < -0.39 is 0 Å². The number of pyridine rings is 1. The van der Waals surface area contributed by atoms with Crippen molar-refractivity contribution >= 4 is 39.8 Å². The van der Waals surface area contributed by atoms with Crippen LogP contribution in [0.25, 0.3) is 10.9 Å². The number of hydrogen-bond acceptors (Lipinski definition) is 7. The fourth-order valence-electron chi connectivity index (χ4n) is 4.68. The van der Waals surface area contributed by atoms with Crippen molar-refractivity contribution in [2.45, 2.75) is 20.3 Å². The van der Waals surface area contributed by atoms with E-state index in [1.165, 1.54) is 0 Å². The Bertz CT molecular complexity index is 1600. The molecule has 0 bridgehead atoms. The van der Waals surface area contributed by atoms with Crippen molar-refractivity contribution in [3.05, 3.63) is 83.0 Å². The highest BCUT2D eigenvalue weighted by molar-refractivity contribution is 6.09. The first-order valence-electron chi connectivity index (χ1n) is 13.7. The quantitative estimate of drug-likeness (QED) is 0.235. The van der Waals surface area contributed by atoms with Crippen LogP contribution in [0.2, 0.25) is 0 Å². The number of carbonyl (C=O) groups excluding carboxylic acids is 2. The average molecular weight is 554 g/mol. The lowest BCUT2D eigenvalue weighted by molar-refractivity contribution is 0.101. The van der Waals surface area contributed by atoms with Gasteiger partial charge in [-0.05, 0) is 101 Å². The maximum Gasteiger partial charge on any atom is 0.255 e. The van der Waals surface area contributed by atoms with Gasteiger partial charge in [0.25, 0.3) is 11.8 Å². The highest BCUT2D eigenvalue weighted by Crippen LogP contribution is 2.31. The number of benzene rings is 3. The number of rotatable bonds is 9. The van der Waals surface area contributed by atoms with Crippen molar-refractivity contribution in [1.82, 2.24) is 9.88 Å². The van der Waals surface area contributed by atoms with Crippen LogP contribution in [0.15, 0.2) is 60.7 Å². The summed E-state index contributed by atoms with van der Waals surface area (Å²) in [5.74, 6) is 0.642. The minimum absolute atomic E-state index is 0.246. The molecule has 1 aliphatic rings. The van der Waals surface area contributed by atoms with Gasteiger partial charge in [-0.1, -0.05) is 6.07 Å². The number of carbonyl (C=O) groups is 2. The smallest absolute Gasteiger partial charge is 0.255 e. The van der Waals surface area contributed by atoms with Crippen LogP contribution in [0.5, 0.6) is 11.5 Å². The van der Waals surface area contributed by atoms with Gasteiger partial charge in [-0.2, -0.15) is 0 Å². The second-order valence-corrected chi connectivity index (χ2v) is 10.4. The molecule has 3 aromatic carbocycles. The topological polar surface area (TPSA) is 105 Å². The zero-order chi connectivity index (χ0) is 28.9. The number of amides is 2. The zero-order valence-electron chi connectivity index (χ0n) is 23.8. The molecule has 0 atom stereocenters. The number of hydrogen-bond donors (Lipinski definition) is 3. The predicted molar refractivity (Wildman–Crippen MR) is 163 cm³/mol. The van der Waals surface area contributed by atoms with Gasteiger partial charge in [0.1, 0.15) is 13.2 Å². The zero-order valence-corrected chi connectivity index (χ0v) is 23.8. The average Bonchev–Trinajstić information content (AvgIpc) is 2.96. The van der Waals surface area contributed by atoms with Gasteiger partial charge in [-0.3, -0.25) is 14.6 Å². The van der Waals surface area contributed by atoms with Crippen molar-refractivity contribution in [1.29, 1.82) is 0 Å². The minimum atomic E-state index is -0.286. The lowest BCUT2D eigenvalue weighted by Gasteiger charge is -2.18. The van der Waals surface area contributed by atoms with E-state index in [0.717, 1.165) is 47.4 Å². The van der Waals surface area contributed by atoms with Crippen molar-refractivity contribution in [3.63, 3.8) is 0 Å². The molecule has 0 saturated heterocycles. The summed E-state index contributed by atoms with van der Waals surface area (Å²) in [5.41, 5.74) is 5.72. The summed E-state index contributed by atoms with van der Waals surface area (Å²) in [6.45, 7) is 6.61. The van der Waals surface area contributed by atoms with Crippen molar-refractivity contribution in [2.24, 2.45) is 0 Å². The normalized spacial score (nSPS) is 12.3. The molecule has 0 spiro atoms. The number of anilines is 3. The maximum absolute atomic E-state index is 13.3. The number of aromatic nitrogens is 1. The minimum Gasteiger partial charge on any atom is -0.486 e. The van der Waals surface area contributed by atoms with Crippen molar-refractivity contribution < 1.29 is 19.1 Å².